The molecule has 0 saturated carbocycles. The van der Waals surface area contributed by atoms with E-state index >= 15 is 0 Å². The predicted molar refractivity (Wildman–Crippen MR) is 126 cm³/mol. The molecule has 0 bridgehead atoms. The van der Waals surface area contributed by atoms with Crippen LogP contribution in [0.25, 0.3) is 5.13 Å². The molecular weight excluding hydrogens is 428 g/mol. The van der Waals surface area contributed by atoms with Gasteiger partial charge in [0.1, 0.15) is 0 Å². The molecule has 0 atom stereocenters. The van der Waals surface area contributed by atoms with Crippen molar-refractivity contribution in [1.29, 1.82) is 0 Å². The van der Waals surface area contributed by atoms with E-state index in [9.17, 15) is 4.79 Å². The highest BCUT2D eigenvalue weighted by Crippen LogP contribution is 2.24. The van der Waals surface area contributed by atoms with Crippen LogP contribution >= 0.6 is 22.9 Å². The molecule has 2 aromatic heterocycles. The summed E-state index contributed by atoms with van der Waals surface area (Å²) >= 11 is 7.49. The SMILES string of the molecule is Cc1cccc(NC(=O)Cc2csc(-n3nc(C)c(Cc4ccc(Cl)cc4)c3C)n2)c1. The zero-order valence-electron chi connectivity index (χ0n) is 17.6. The van der Waals surface area contributed by atoms with Gasteiger partial charge in [0.05, 0.1) is 17.8 Å². The van der Waals surface area contributed by atoms with Crippen LogP contribution in [0.15, 0.2) is 53.9 Å². The van der Waals surface area contributed by atoms with Crippen molar-refractivity contribution in [3.63, 3.8) is 0 Å². The Bertz CT molecular complexity index is 1230. The first kappa shape index (κ1) is 21.3. The van der Waals surface area contributed by atoms with E-state index in [0.717, 1.165) is 44.9 Å². The molecule has 7 heteroatoms. The summed E-state index contributed by atoms with van der Waals surface area (Å²) < 4.78 is 1.87. The van der Waals surface area contributed by atoms with Crippen molar-refractivity contribution in [1.82, 2.24) is 14.8 Å². The third-order valence-corrected chi connectivity index (χ3v) is 6.22. The molecule has 31 heavy (non-hydrogen) atoms. The van der Waals surface area contributed by atoms with E-state index < -0.39 is 0 Å². The van der Waals surface area contributed by atoms with Crippen LogP contribution < -0.4 is 5.32 Å². The molecule has 4 aromatic rings. The van der Waals surface area contributed by atoms with Crippen LogP contribution in [-0.4, -0.2) is 20.7 Å². The van der Waals surface area contributed by atoms with E-state index in [1.54, 1.807) is 0 Å². The fourth-order valence-electron chi connectivity index (χ4n) is 3.49. The molecule has 0 saturated heterocycles. The number of anilines is 1. The van der Waals surface area contributed by atoms with Crippen LogP contribution in [0.3, 0.4) is 0 Å². The first-order valence-electron chi connectivity index (χ1n) is 10.00. The number of halogens is 1. The Morgan fingerprint density at radius 2 is 1.90 bits per heavy atom. The number of amides is 1. The van der Waals surface area contributed by atoms with Gasteiger partial charge in [-0.25, -0.2) is 9.67 Å². The van der Waals surface area contributed by atoms with Gasteiger partial charge in [-0.2, -0.15) is 5.10 Å². The Hall–Kier alpha value is -2.96. The largest absolute Gasteiger partial charge is 0.326 e. The van der Waals surface area contributed by atoms with Gasteiger partial charge in [0.15, 0.2) is 0 Å². The fourth-order valence-corrected chi connectivity index (χ4v) is 4.44. The molecule has 1 amide bonds. The van der Waals surface area contributed by atoms with Crippen LogP contribution in [-0.2, 0) is 17.6 Å². The Kier molecular flexibility index (Phi) is 6.20. The minimum absolute atomic E-state index is 0.0840. The van der Waals surface area contributed by atoms with E-state index in [0.29, 0.717) is 0 Å². The normalized spacial score (nSPS) is 11.0. The van der Waals surface area contributed by atoms with Gasteiger partial charge in [0.2, 0.25) is 11.0 Å². The molecule has 0 unspecified atom stereocenters. The molecule has 4 rings (SSSR count). The number of aromatic nitrogens is 3. The number of rotatable bonds is 6. The average molecular weight is 451 g/mol. The number of aryl methyl sites for hydroxylation is 2. The van der Waals surface area contributed by atoms with Gasteiger partial charge in [0, 0.05) is 33.8 Å². The zero-order valence-corrected chi connectivity index (χ0v) is 19.2. The van der Waals surface area contributed by atoms with Crippen molar-refractivity contribution >= 4 is 34.5 Å². The minimum atomic E-state index is -0.0840. The highest BCUT2D eigenvalue weighted by molar-refractivity contribution is 7.12. The van der Waals surface area contributed by atoms with Crippen LogP contribution in [0.5, 0.6) is 0 Å². The summed E-state index contributed by atoms with van der Waals surface area (Å²) in [6, 6.07) is 15.6. The standard InChI is InChI=1S/C24H23ClN4OS/c1-15-5-4-6-20(11-15)26-23(30)13-21-14-31-24(27-21)29-17(3)22(16(2)28-29)12-18-7-9-19(25)10-8-18/h4-11,14H,12-13H2,1-3H3,(H,26,30). The molecule has 1 N–H and O–H groups in total. The number of carbonyl (C=O) groups excluding carboxylic acids is 1. The van der Waals surface area contributed by atoms with E-state index in [-0.39, 0.29) is 12.3 Å². The van der Waals surface area contributed by atoms with Crippen molar-refractivity contribution in [2.45, 2.75) is 33.6 Å². The second kappa shape index (κ2) is 9.04. The quantitative estimate of drug-likeness (QED) is 0.411. The zero-order chi connectivity index (χ0) is 22.0. The summed E-state index contributed by atoms with van der Waals surface area (Å²) in [6.07, 6.45) is 1.01. The van der Waals surface area contributed by atoms with Gasteiger partial charge in [-0.15, -0.1) is 11.3 Å². The maximum Gasteiger partial charge on any atom is 0.230 e. The molecule has 0 spiro atoms. The highest BCUT2D eigenvalue weighted by Gasteiger charge is 2.16. The third-order valence-electron chi connectivity index (χ3n) is 5.10. The number of thiazole rings is 1. The Morgan fingerprint density at radius 1 is 1.13 bits per heavy atom. The number of benzene rings is 2. The average Bonchev–Trinajstić information content (AvgIpc) is 3.29. The first-order chi connectivity index (χ1) is 14.9. The molecule has 5 nitrogen and oxygen atoms in total. The Morgan fingerprint density at radius 3 is 2.65 bits per heavy atom. The molecule has 0 fully saturated rings. The van der Waals surface area contributed by atoms with Crippen molar-refractivity contribution in [3.8, 4) is 5.13 Å². The van der Waals surface area contributed by atoms with Gasteiger partial charge >= 0.3 is 0 Å². The summed E-state index contributed by atoms with van der Waals surface area (Å²) in [5.41, 5.74) is 7.02. The Labute approximate surface area is 190 Å². The smallest absolute Gasteiger partial charge is 0.230 e. The maximum atomic E-state index is 12.4. The molecule has 0 aliphatic heterocycles. The molecule has 0 aliphatic rings. The van der Waals surface area contributed by atoms with E-state index in [1.165, 1.54) is 22.5 Å². The van der Waals surface area contributed by atoms with E-state index in [4.69, 9.17) is 16.7 Å². The van der Waals surface area contributed by atoms with E-state index in [1.807, 2.05) is 72.4 Å². The van der Waals surface area contributed by atoms with Gasteiger partial charge in [0.25, 0.3) is 0 Å². The van der Waals surface area contributed by atoms with Gasteiger partial charge in [-0.3, -0.25) is 4.79 Å². The Balaban J connectivity index is 1.48. The van der Waals surface area contributed by atoms with Gasteiger partial charge in [-0.05, 0) is 56.2 Å². The minimum Gasteiger partial charge on any atom is -0.326 e. The molecule has 158 valence electrons. The van der Waals surface area contributed by atoms with Crippen molar-refractivity contribution in [2.75, 3.05) is 5.32 Å². The van der Waals surface area contributed by atoms with E-state index in [2.05, 4.69) is 17.2 Å². The lowest BCUT2D eigenvalue weighted by Gasteiger charge is -2.05. The lowest BCUT2D eigenvalue weighted by Crippen LogP contribution is -2.14. The molecule has 2 heterocycles. The summed E-state index contributed by atoms with van der Waals surface area (Å²) in [5, 5.41) is 11.0. The van der Waals surface area contributed by atoms with Gasteiger partial charge in [-0.1, -0.05) is 35.9 Å². The van der Waals surface area contributed by atoms with Crippen LogP contribution in [0.4, 0.5) is 5.69 Å². The predicted octanol–water partition coefficient (Wildman–Crippen LogP) is 5.68. The maximum absolute atomic E-state index is 12.4. The number of hydrogen-bond acceptors (Lipinski definition) is 4. The summed E-state index contributed by atoms with van der Waals surface area (Å²) in [7, 11) is 0. The molecular formula is C24H23ClN4OS. The van der Waals surface area contributed by atoms with Crippen LogP contribution in [0, 0.1) is 20.8 Å². The van der Waals surface area contributed by atoms with Gasteiger partial charge < -0.3 is 5.32 Å². The second-order valence-corrected chi connectivity index (χ2v) is 8.85. The lowest BCUT2D eigenvalue weighted by atomic mass is 10.0. The molecule has 2 aromatic carbocycles. The monoisotopic (exact) mass is 450 g/mol. The van der Waals surface area contributed by atoms with Crippen molar-refractivity contribution < 1.29 is 4.79 Å². The van der Waals surface area contributed by atoms with Crippen molar-refractivity contribution in [2.24, 2.45) is 0 Å². The number of hydrogen-bond donors (Lipinski definition) is 1. The van der Waals surface area contributed by atoms with Crippen LogP contribution in [0.1, 0.15) is 33.8 Å². The summed E-state index contributed by atoms with van der Waals surface area (Å²) in [5.74, 6) is -0.0840. The van der Waals surface area contributed by atoms with Crippen molar-refractivity contribution in [3.05, 3.63) is 92.7 Å². The van der Waals surface area contributed by atoms with Crippen LogP contribution in [0.2, 0.25) is 5.02 Å². The fraction of sp³-hybridized carbons (Fsp3) is 0.208. The highest BCUT2D eigenvalue weighted by atomic mass is 35.5. The lowest BCUT2D eigenvalue weighted by molar-refractivity contribution is -0.115. The number of carbonyl (C=O) groups is 1. The number of nitrogens with one attached hydrogen (secondary N) is 1. The summed E-state index contributed by atoms with van der Waals surface area (Å²) in [6.45, 7) is 6.06. The second-order valence-electron chi connectivity index (χ2n) is 7.58. The summed E-state index contributed by atoms with van der Waals surface area (Å²) in [4.78, 5) is 17.1. The molecule has 0 radical (unpaired) electrons. The number of nitrogens with zero attached hydrogens (tertiary/aromatic N) is 3. The third kappa shape index (κ3) is 5.03. The molecule has 0 aliphatic carbocycles. The topological polar surface area (TPSA) is 59.8 Å². The first-order valence-corrected chi connectivity index (χ1v) is 11.3.